The molecule has 0 fully saturated rings. The van der Waals surface area contributed by atoms with E-state index in [1.54, 1.807) is 12.1 Å². The van der Waals surface area contributed by atoms with E-state index in [9.17, 15) is 4.70 Å². The zero-order valence-corrected chi connectivity index (χ0v) is 4.03. The van der Waals surface area contributed by atoms with Crippen molar-refractivity contribution in [2.24, 2.45) is 0 Å². The Kier molecular flexibility index (Phi) is 1.46. The summed E-state index contributed by atoms with van der Waals surface area (Å²) in [6, 6.07) is 3.19. The molecule has 0 aliphatic carbocycles. The fourth-order valence-electron chi connectivity index (χ4n) is 0.378. The SMILES string of the molecule is O=BOc1ccco1. The van der Waals surface area contributed by atoms with Crippen molar-refractivity contribution in [2.75, 3.05) is 0 Å². The molecule has 40 valence electrons. The van der Waals surface area contributed by atoms with Gasteiger partial charge >= 0.3 is 45.5 Å². The number of rotatable bonds is 2. The van der Waals surface area contributed by atoms with Crippen molar-refractivity contribution in [3.63, 3.8) is 0 Å². The number of hydrogen-bond donors (Lipinski definition) is 0. The van der Waals surface area contributed by atoms with Crippen LogP contribution in [-0.2, 0) is 4.70 Å². The quantitative estimate of drug-likeness (QED) is 0.523. The Balaban J connectivity index is 2.62. The van der Waals surface area contributed by atoms with Crippen molar-refractivity contribution in [3.05, 3.63) is 18.4 Å². The van der Waals surface area contributed by atoms with E-state index >= 15 is 0 Å². The molecule has 0 N–H and O–H groups in total. The first-order valence-corrected chi connectivity index (χ1v) is 2.07. The van der Waals surface area contributed by atoms with E-state index in [1.807, 2.05) is 0 Å². The van der Waals surface area contributed by atoms with Crippen LogP contribution in [0.25, 0.3) is 0 Å². The Morgan fingerprint density at radius 3 is 3.12 bits per heavy atom. The zero-order valence-electron chi connectivity index (χ0n) is 4.03. The standard InChI is InChI=1S/C4H3BO3/c6-5-8-4-2-1-3-7-4/h1-3H. The second kappa shape index (κ2) is 2.30. The second-order valence-electron chi connectivity index (χ2n) is 1.15. The van der Waals surface area contributed by atoms with E-state index in [0.29, 0.717) is 7.35 Å². The Labute approximate surface area is 46.5 Å². The first kappa shape index (κ1) is 5.09. The van der Waals surface area contributed by atoms with Gasteiger partial charge in [-0.15, -0.1) is 0 Å². The van der Waals surface area contributed by atoms with Gasteiger partial charge in [0, 0.05) is 0 Å². The van der Waals surface area contributed by atoms with Crippen LogP contribution in [0.5, 0.6) is 5.95 Å². The van der Waals surface area contributed by atoms with Crippen LogP contribution in [0.2, 0.25) is 0 Å². The summed E-state index contributed by atoms with van der Waals surface area (Å²) in [4.78, 5) is 0. The van der Waals surface area contributed by atoms with Gasteiger partial charge in [-0.2, -0.15) is 0 Å². The van der Waals surface area contributed by atoms with E-state index in [-0.39, 0.29) is 5.95 Å². The summed E-state index contributed by atoms with van der Waals surface area (Å²) in [5, 5.41) is 0. The third kappa shape index (κ3) is 0.962. The predicted octanol–water partition coefficient (Wildman–Crippen LogP) is 0.623. The van der Waals surface area contributed by atoms with E-state index in [2.05, 4.69) is 9.07 Å². The third-order valence-corrected chi connectivity index (χ3v) is 0.659. The van der Waals surface area contributed by atoms with Crippen molar-refractivity contribution >= 4 is 7.35 Å². The van der Waals surface area contributed by atoms with Gasteiger partial charge in [-0.25, -0.2) is 0 Å². The fraction of sp³-hybridized carbons (Fsp3) is 0. The Bertz CT molecular complexity index is 158. The molecule has 1 heterocycles. The van der Waals surface area contributed by atoms with Gasteiger partial charge < -0.3 is 0 Å². The van der Waals surface area contributed by atoms with Crippen molar-refractivity contribution in [1.29, 1.82) is 0 Å². The summed E-state index contributed by atoms with van der Waals surface area (Å²) < 4.78 is 18.5. The molecular formula is C4H3BO3. The fourth-order valence-corrected chi connectivity index (χ4v) is 0.378. The van der Waals surface area contributed by atoms with Gasteiger partial charge in [-0.3, -0.25) is 0 Å². The van der Waals surface area contributed by atoms with Gasteiger partial charge in [-0.05, 0) is 0 Å². The average molecular weight is 110 g/mol. The first-order valence-electron chi connectivity index (χ1n) is 2.07. The monoisotopic (exact) mass is 110 g/mol. The van der Waals surface area contributed by atoms with Crippen LogP contribution in [0.4, 0.5) is 0 Å². The van der Waals surface area contributed by atoms with Crippen LogP contribution in [0.3, 0.4) is 0 Å². The molecule has 0 amide bonds. The summed E-state index contributed by atoms with van der Waals surface area (Å²) in [6.07, 6.45) is 1.43. The maximum absolute atomic E-state index is 9.59. The number of furan rings is 1. The molecule has 3 nitrogen and oxygen atoms in total. The van der Waals surface area contributed by atoms with E-state index in [4.69, 9.17) is 0 Å². The molecule has 1 aromatic rings. The Morgan fingerprint density at radius 1 is 1.75 bits per heavy atom. The average Bonchev–Trinajstić information content (AvgIpc) is 2.19. The molecular weight excluding hydrogens is 107 g/mol. The molecule has 0 unspecified atom stereocenters. The minimum atomic E-state index is 0.222. The van der Waals surface area contributed by atoms with Crippen molar-refractivity contribution in [3.8, 4) is 5.95 Å². The third-order valence-electron chi connectivity index (χ3n) is 0.659. The predicted molar refractivity (Wildman–Crippen MR) is 25.8 cm³/mol. The molecule has 0 aromatic carbocycles. The van der Waals surface area contributed by atoms with Gasteiger partial charge in [0.1, 0.15) is 0 Å². The maximum atomic E-state index is 9.59. The van der Waals surface area contributed by atoms with Gasteiger partial charge in [0.05, 0.1) is 0 Å². The summed E-state index contributed by atoms with van der Waals surface area (Å²) in [7, 11) is 0.318. The number of hydrogen-bond acceptors (Lipinski definition) is 3. The van der Waals surface area contributed by atoms with Gasteiger partial charge in [0.25, 0.3) is 0 Å². The normalized spacial score (nSPS) is 8.00. The van der Waals surface area contributed by atoms with Crippen LogP contribution >= 0.6 is 0 Å². The van der Waals surface area contributed by atoms with Crippen LogP contribution < -0.4 is 4.65 Å². The van der Waals surface area contributed by atoms with Crippen molar-refractivity contribution < 1.29 is 13.8 Å². The molecule has 0 saturated heterocycles. The molecule has 0 saturated carbocycles. The second-order valence-corrected chi connectivity index (χ2v) is 1.15. The van der Waals surface area contributed by atoms with Gasteiger partial charge in [-0.1, -0.05) is 0 Å². The molecule has 0 spiro atoms. The molecule has 4 heteroatoms. The summed E-state index contributed by atoms with van der Waals surface area (Å²) in [5.41, 5.74) is 0. The summed E-state index contributed by atoms with van der Waals surface area (Å²) in [5.74, 6) is 0.222. The molecule has 0 aliphatic rings. The summed E-state index contributed by atoms with van der Waals surface area (Å²) >= 11 is 0. The topological polar surface area (TPSA) is 39.4 Å². The summed E-state index contributed by atoms with van der Waals surface area (Å²) in [6.45, 7) is 0. The Morgan fingerprint density at radius 2 is 2.62 bits per heavy atom. The van der Waals surface area contributed by atoms with Crippen molar-refractivity contribution in [2.45, 2.75) is 0 Å². The zero-order chi connectivity index (χ0) is 5.82. The van der Waals surface area contributed by atoms with Crippen LogP contribution in [0.15, 0.2) is 22.8 Å². The van der Waals surface area contributed by atoms with Crippen molar-refractivity contribution in [1.82, 2.24) is 0 Å². The molecule has 8 heavy (non-hydrogen) atoms. The van der Waals surface area contributed by atoms with E-state index in [1.165, 1.54) is 6.26 Å². The van der Waals surface area contributed by atoms with Crippen LogP contribution in [0.1, 0.15) is 0 Å². The molecule has 0 radical (unpaired) electrons. The first-order chi connectivity index (χ1) is 3.93. The van der Waals surface area contributed by atoms with E-state index in [0.717, 1.165) is 0 Å². The van der Waals surface area contributed by atoms with Gasteiger partial charge in [0.2, 0.25) is 0 Å². The molecule has 1 rings (SSSR count). The molecule has 1 aromatic heterocycles. The van der Waals surface area contributed by atoms with Crippen LogP contribution in [-0.4, -0.2) is 7.35 Å². The van der Waals surface area contributed by atoms with Gasteiger partial charge in [0.15, 0.2) is 0 Å². The Hall–Kier alpha value is -1.06. The molecule has 0 bridgehead atoms. The minimum absolute atomic E-state index is 0.222. The van der Waals surface area contributed by atoms with Crippen LogP contribution in [0, 0.1) is 0 Å². The molecule has 0 atom stereocenters. The molecule has 0 aliphatic heterocycles. The van der Waals surface area contributed by atoms with E-state index < -0.39 is 0 Å².